The van der Waals surface area contributed by atoms with Crippen molar-refractivity contribution < 1.29 is 23.8 Å². The minimum Gasteiger partial charge on any atom is -0.493 e. The molecule has 0 bridgehead atoms. The first-order valence-corrected chi connectivity index (χ1v) is 8.42. The topological polar surface area (TPSA) is 110 Å². The van der Waals surface area contributed by atoms with Crippen molar-refractivity contribution in [3.05, 3.63) is 48.0 Å². The fourth-order valence-corrected chi connectivity index (χ4v) is 2.36. The normalized spacial score (nSPS) is 9.68. The molecular formula is C18H20N4O5S. The number of hydrogen-bond donors (Lipinski definition) is 4. The van der Waals surface area contributed by atoms with E-state index in [0.717, 1.165) is 0 Å². The Morgan fingerprint density at radius 1 is 0.893 bits per heavy atom. The van der Waals surface area contributed by atoms with Crippen LogP contribution in [0.15, 0.2) is 42.5 Å². The van der Waals surface area contributed by atoms with Crippen LogP contribution in [0.4, 0.5) is 10.5 Å². The first-order valence-electron chi connectivity index (χ1n) is 8.01. The van der Waals surface area contributed by atoms with Crippen LogP contribution >= 0.6 is 12.2 Å². The van der Waals surface area contributed by atoms with Crippen LogP contribution in [-0.2, 0) is 0 Å². The van der Waals surface area contributed by atoms with Crippen LogP contribution in [0.5, 0.6) is 17.2 Å². The number of hydrazine groups is 1. The Morgan fingerprint density at radius 3 is 2.04 bits per heavy atom. The molecule has 0 aromatic heterocycles. The molecule has 2 aromatic carbocycles. The fourth-order valence-electron chi connectivity index (χ4n) is 2.22. The van der Waals surface area contributed by atoms with Crippen LogP contribution in [0, 0.1) is 0 Å². The largest absolute Gasteiger partial charge is 0.493 e. The minimum absolute atomic E-state index is 0.0954. The Morgan fingerprint density at radius 2 is 1.50 bits per heavy atom. The summed E-state index contributed by atoms with van der Waals surface area (Å²) in [6, 6.07) is 11.3. The lowest BCUT2D eigenvalue weighted by atomic mass is 10.1. The number of nitrogens with one attached hydrogen (secondary N) is 4. The van der Waals surface area contributed by atoms with Gasteiger partial charge in [0.25, 0.3) is 5.91 Å². The Hall–Kier alpha value is -3.53. The lowest BCUT2D eigenvalue weighted by Gasteiger charge is -2.15. The molecule has 2 aromatic rings. The molecule has 0 aliphatic carbocycles. The zero-order valence-corrected chi connectivity index (χ0v) is 16.3. The Bertz CT molecular complexity index is 835. The van der Waals surface area contributed by atoms with E-state index in [1.54, 1.807) is 24.3 Å². The maximum Gasteiger partial charge on any atom is 0.337 e. The molecule has 0 heterocycles. The Labute approximate surface area is 167 Å². The molecule has 148 valence electrons. The number of anilines is 1. The van der Waals surface area contributed by atoms with Crippen LogP contribution in [0.2, 0.25) is 0 Å². The summed E-state index contributed by atoms with van der Waals surface area (Å²) in [6.07, 6.45) is 0. The van der Waals surface area contributed by atoms with Gasteiger partial charge in [-0.25, -0.2) is 10.2 Å². The SMILES string of the molecule is COc1cc(C(=O)NC(=S)NNC(=O)Nc2ccccc2)cc(OC)c1OC. The summed E-state index contributed by atoms with van der Waals surface area (Å²) in [5, 5.41) is 4.94. The van der Waals surface area contributed by atoms with Crippen molar-refractivity contribution in [2.45, 2.75) is 0 Å². The number of carbonyl (C=O) groups is 2. The fraction of sp³-hybridized carbons (Fsp3) is 0.167. The van der Waals surface area contributed by atoms with Crippen molar-refractivity contribution in [2.75, 3.05) is 26.6 Å². The molecule has 0 fully saturated rings. The number of urea groups is 1. The van der Waals surface area contributed by atoms with E-state index < -0.39 is 11.9 Å². The third-order valence-electron chi connectivity index (χ3n) is 3.48. The summed E-state index contributed by atoms with van der Waals surface area (Å²) in [7, 11) is 4.35. The predicted octanol–water partition coefficient (Wildman–Crippen LogP) is 2.05. The maximum atomic E-state index is 12.4. The summed E-state index contributed by atoms with van der Waals surface area (Å²) in [6.45, 7) is 0. The van der Waals surface area contributed by atoms with E-state index in [-0.39, 0.29) is 10.7 Å². The minimum atomic E-state index is -0.546. The van der Waals surface area contributed by atoms with Crippen molar-refractivity contribution >= 4 is 35.0 Å². The van der Waals surface area contributed by atoms with Crippen molar-refractivity contribution in [2.24, 2.45) is 0 Å². The molecule has 0 saturated carbocycles. The third kappa shape index (κ3) is 5.48. The summed E-state index contributed by atoms with van der Waals surface area (Å²) in [5.41, 5.74) is 5.59. The Balaban J connectivity index is 1.95. The van der Waals surface area contributed by atoms with Gasteiger partial charge in [-0.15, -0.1) is 0 Å². The molecule has 28 heavy (non-hydrogen) atoms. The number of rotatable bonds is 5. The van der Waals surface area contributed by atoms with Gasteiger partial charge in [0.1, 0.15) is 0 Å². The number of methoxy groups -OCH3 is 3. The van der Waals surface area contributed by atoms with E-state index in [1.807, 2.05) is 6.07 Å². The highest BCUT2D eigenvalue weighted by atomic mass is 32.1. The number of amides is 3. The van der Waals surface area contributed by atoms with Gasteiger partial charge in [-0.2, -0.15) is 0 Å². The molecule has 0 unspecified atom stereocenters. The molecule has 4 N–H and O–H groups in total. The van der Waals surface area contributed by atoms with Gasteiger partial charge >= 0.3 is 6.03 Å². The monoisotopic (exact) mass is 404 g/mol. The van der Waals surface area contributed by atoms with Gasteiger partial charge in [0.2, 0.25) is 5.75 Å². The van der Waals surface area contributed by atoms with Crippen molar-refractivity contribution in [1.82, 2.24) is 16.2 Å². The number of para-hydroxylation sites is 1. The van der Waals surface area contributed by atoms with E-state index in [2.05, 4.69) is 21.5 Å². The zero-order valence-electron chi connectivity index (χ0n) is 15.5. The van der Waals surface area contributed by atoms with Gasteiger partial charge in [0, 0.05) is 11.3 Å². The highest BCUT2D eigenvalue weighted by Gasteiger charge is 2.17. The van der Waals surface area contributed by atoms with E-state index in [0.29, 0.717) is 22.9 Å². The quantitative estimate of drug-likeness (QED) is 0.446. The zero-order chi connectivity index (χ0) is 20.5. The molecule has 9 nitrogen and oxygen atoms in total. The highest BCUT2D eigenvalue weighted by Crippen LogP contribution is 2.38. The average Bonchev–Trinajstić information content (AvgIpc) is 2.71. The summed E-state index contributed by atoms with van der Waals surface area (Å²) in [4.78, 5) is 24.2. The maximum absolute atomic E-state index is 12.4. The van der Waals surface area contributed by atoms with Crippen LogP contribution < -0.4 is 35.7 Å². The van der Waals surface area contributed by atoms with Gasteiger partial charge in [-0.3, -0.25) is 15.5 Å². The van der Waals surface area contributed by atoms with E-state index in [9.17, 15) is 9.59 Å². The lowest BCUT2D eigenvalue weighted by Crippen LogP contribution is -2.49. The van der Waals surface area contributed by atoms with Gasteiger partial charge in [-0.05, 0) is 36.5 Å². The lowest BCUT2D eigenvalue weighted by molar-refractivity contribution is 0.0975. The molecule has 2 rings (SSSR count). The molecule has 10 heteroatoms. The van der Waals surface area contributed by atoms with Crippen molar-refractivity contribution in [3.8, 4) is 17.2 Å². The summed E-state index contributed by atoms with van der Waals surface area (Å²) < 4.78 is 15.6. The number of benzene rings is 2. The first-order chi connectivity index (χ1) is 13.5. The van der Waals surface area contributed by atoms with Crippen LogP contribution in [0.3, 0.4) is 0 Å². The molecule has 0 atom stereocenters. The Kier molecular flexibility index (Phi) is 7.40. The molecule has 0 saturated heterocycles. The molecule has 3 amide bonds. The van der Waals surface area contributed by atoms with E-state index in [4.69, 9.17) is 26.4 Å². The van der Waals surface area contributed by atoms with Gasteiger partial charge in [0.05, 0.1) is 21.3 Å². The predicted molar refractivity (Wildman–Crippen MR) is 108 cm³/mol. The van der Waals surface area contributed by atoms with Gasteiger partial charge in [-0.1, -0.05) is 18.2 Å². The molecule has 0 aliphatic rings. The number of hydrogen-bond acceptors (Lipinski definition) is 6. The standard InChI is InChI=1S/C18H20N4O5S/c1-25-13-9-11(10-14(26-2)15(13)27-3)16(23)20-18(28)22-21-17(24)19-12-7-5-4-6-8-12/h4-10H,1-3H3,(H2,19,21,24)(H2,20,22,23,28). The second kappa shape index (κ2) is 9.97. The first kappa shape index (κ1) is 20.8. The molecular weight excluding hydrogens is 384 g/mol. The second-order valence-corrected chi connectivity index (χ2v) is 5.68. The average molecular weight is 404 g/mol. The number of ether oxygens (including phenoxy) is 3. The number of thiocarbonyl (C=S) groups is 1. The molecule has 0 spiro atoms. The number of carbonyl (C=O) groups excluding carboxylic acids is 2. The van der Waals surface area contributed by atoms with E-state index in [1.165, 1.54) is 33.5 Å². The third-order valence-corrected chi connectivity index (χ3v) is 3.68. The van der Waals surface area contributed by atoms with Crippen molar-refractivity contribution in [1.29, 1.82) is 0 Å². The molecule has 0 aliphatic heterocycles. The van der Waals surface area contributed by atoms with Crippen molar-refractivity contribution in [3.63, 3.8) is 0 Å². The molecule has 0 radical (unpaired) electrons. The van der Waals surface area contributed by atoms with E-state index >= 15 is 0 Å². The van der Waals surface area contributed by atoms with Gasteiger partial charge in [0.15, 0.2) is 16.6 Å². The summed E-state index contributed by atoms with van der Waals surface area (Å²) >= 11 is 5.01. The van der Waals surface area contributed by atoms with Crippen LogP contribution in [-0.4, -0.2) is 38.4 Å². The van der Waals surface area contributed by atoms with Gasteiger partial charge < -0.3 is 19.5 Å². The van der Waals surface area contributed by atoms with Crippen LogP contribution in [0.25, 0.3) is 0 Å². The smallest absolute Gasteiger partial charge is 0.337 e. The second-order valence-electron chi connectivity index (χ2n) is 5.27. The summed E-state index contributed by atoms with van der Waals surface area (Å²) in [5.74, 6) is 0.487. The highest BCUT2D eigenvalue weighted by molar-refractivity contribution is 7.80. The van der Waals surface area contributed by atoms with Crippen LogP contribution in [0.1, 0.15) is 10.4 Å².